The Kier molecular flexibility index (Phi) is 2.30. The molecule has 0 spiro atoms. The monoisotopic (exact) mass is 256 g/mol. The third-order valence-electron chi connectivity index (χ3n) is 4.82. The summed E-state index contributed by atoms with van der Waals surface area (Å²) in [6.45, 7) is 2.06. The fourth-order valence-corrected chi connectivity index (χ4v) is 3.88. The SMILES string of the molecule is O=C1c2ccccc2C(=O)N1C1C[C@H]2CNC[C@H]2C1. The maximum absolute atomic E-state index is 12.4. The largest absolute Gasteiger partial charge is 0.316 e. The second-order valence-corrected chi connectivity index (χ2v) is 5.83. The third-order valence-corrected chi connectivity index (χ3v) is 4.82. The first kappa shape index (κ1) is 11.2. The maximum atomic E-state index is 12.4. The van der Waals surface area contributed by atoms with Gasteiger partial charge in [0.15, 0.2) is 0 Å². The van der Waals surface area contributed by atoms with E-state index < -0.39 is 0 Å². The highest BCUT2D eigenvalue weighted by atomic mass is 16.2. The van der Waals surface area contributed by atoms with E-state index in [2.05, 4.69) is 5.32 Å². The van der Waals surface area contributed by atoms with Gasteiger partial charge >= 0.3 is 0 Å². The highest BCUT2D eigenvalue weighted by Crippen LogP contribution is 2.39. The molecule has 1 saturated heterocycles. The molecule has 1 saturated carbocycles. The molecule has 2 heterocycles. The summed E-state index contributed by atoms with van der Waals surface area (Å²) in [4.78, 5) is 26.3. The zero-order valence-corrected chi connectivity index (χ0v) is 10.6. The fraction of sp³-hybridized carbons (Fsp3) is 0.467. The van der Waals surface area contributed by atoms with Crippen LogP contribution in [0, 0.1) is 11.8 Å². The Morgan fingerprint density at radius 1 is 0.947 bits per heavy atom. The maximum Gasteiger partial charge on any atom is 0.261 e. The number of carbonyl (C=O) groups excluding carboxylic acids is 2. The summed E-state index contributed by atoms with van der Waals surface area (Å²) in [5.41, 5.74) is 1.14. The van der Waals surface area contributed by atoms with Gasteiger partial charge in [-0.25, -0.2) is 0 Å². The molecule has 2 aliphatic heterocycles. The van der Waals surface area contributed by atoms with Crippen molar-refractivity contribution in [3.8, 4) is 0 Å². The molecule has 2 fully saturated rings. The molecule has 1 N–H and O–H groups in total. The van der Waals surface area contributed by atoms with Gasteiger partial charge in [0.1, 0.15) is 0 Å². The van der Waals surface area contributed by atoms with Crippen molar-refractivity contribution in [2.75, 3.05) is 13.1 Å². The number of fused-ring (bicyclic) bond motifs is 2. The molecule has 19 heavy (non-hydrogen) atoms. The Morgan fingerprint density at radius 2 is 1.47 bits per heavy atom. The normalized spacial score (nSPS) is 32.8. The lowest BCUT2D eigenvalue weighted by Gasteiger charge is -2.22. The van der Waals surface area contributed by atoms with Crippen molar-refractivity contribution in [2.45, 2.75) is 18.9 Å². The van der Waals surface area contributed by atoms with E-state index >= 15 is 0 Å². The summed E-state index contributed by atoms with van der Waals surface area (Å²) in [6.07, 6.45) is 1.92. The predicted molar refractivity (Wildman–Crippen MR) is 69.8 cm³/mol. The van der Waals surface area contributed by atoms with Gasteiger partial charge in [-0.05, 0) is 49.9 Å². The molecule has 0 aromatic heterocycles. The van der Waals surface area contributed by atoms with Crippen LogP contribution in [0.25, 0.3) is 0 Å². The number of hydrogen-bond donors (Lipinski definition) is 1. The smallest absolute Gasteiger partial charge is 0.261 e. The van der Waals surface area contributed by atoms with E-state index in [1.54, 1.807) is 12.1 Å². The molecule has 0 bridgehead atoms. The molecule has 1 aromatic rings. The van der Waals surface area contributed by atoms with Gasteiger partial charge in [0.25, 0.3) is 11.8 Å². The second kappa shape index (κ2) is 3.90. The molecule has 1 unspecified atom stereocenters. The molecule has 98 valence electrons. The minimum absolute atomic E-state index is 0.0986. The quantitative estimate of drug-likeness (QED) is 0.770. The number of benzene rings is 1. The van der Waals surface area contributed by atoms with Gasteiger partial charge in [-0.3, -0.25) is 14.5 Å². The number of amides is 2. The summed E-state index contributed by atoms with van der Waals surface area (Å²) >= 11 is 0. The Labute approximate surface area is 111 Å². The van der Waals surface area contributed by atoms with Gasteiger partial charge in [0.05, 0.1) is 11.1 Å². The van der Waals surface area contributed by atoms with Crippen LogP contribution in [0.1, 0.15) is 33.6 Å². The lowest BCUT2D eigenvalue weighted by atomic mass is 10.0. The molecule has 1 aromatic carbocycles. The molecule has 4 heteroatoms. The van der Waals surface area contributed by atoms with Crippen LogP contribution in [-0.4, -0.2) is 35.8 Å². The van der Waals surface area contributed by atoms with Crippen LogP contribution in [-0.2, 0) is 0 Å². The molecular formula is C15H16N2O2. The van der Waals surface area contributed by atoms with E-state index in [1.165, 1.54) is 4.90 Å². The van der Waals surface area contributed by atoms with Gasteiger partial charge in [0.2, 0.25) is 0 Å². The Balaban J connectivity index is 1.64. The molecule has 3 atom stereocenters. The van der Waals surface area contributed by atoms with Crippen LogP contribution in [0.4, 0.5) is 0 Å². The second-order valence-electron chi connectivity index (χ2n) is 5.83. The summed E-state index contributed by atoms with van der Waals surface area (Å²) < 4.78 is 0. The predicted octanol–water partition coefficient (Wildman–Crippen LogP) is 1.28. The van der Waals surface area contributed by atoms with Crippen LogP contribution in [0.5, 0.6) is 0 Å². The zero-order valence-electron chi connectivity index (χ0n) is 10.6. The van der Waals surface area contributed by atoms with Gasteiger partial charge < -0.3 is 5.32 Å². The van der Waals surface area contributed by atoms with Crippen LogP contribution in [0.2, 0.25) is 0 Å². The van der Waals surface area contributed by atoms with Crippen molar-refractivity contribution in [1.82, 2.24) is 10.2 Å². The van der Waals surface area contributed by atoms with Crippen LogP contribution >= 0.6 is 0 Å². The Hall–Kier alpha value is -1.68. The highest BCUT2D eigenvalue weighted by Gasteiger charge is 2.46. The van der Waals surface area contributed by atoms with Crippen LogP contribution < -0.4 is 5.32 Å². The molecular weight excluding hydrogens is 240 g/mol. The molecule has 1 aliphatic carbocycles. The van der Waals surface area contributed by atoms with E-state index in [-0.39, 0.29) is 17.9 Å². The van der Waals surface area contributed by atoms with E-state index in [4.69, 9.17) is 0 Å². The number of nitrogens with zero attached hydrogens (tertiary/aromatic N) is 1. The highest BCUT2D eigenvalue weighted by molar-refractivity contribution is 6.21. The number of hydrogen-bond acceptors (Lipinski definition) is 3. The minimum atomic E-state index is -0.0986. The van der Waals surface area contributed by atoms with Crippen molar-refractivity contribution in [2.24, 2.45) is 11.8 Å². The van der Waals surface area contributed by atoms with Gasteiger partial charge in [-0.1, -0.05) is 12.1 Å². The van der Waals surface area contributed by atoms with E-state index in [9.17, 15) is 9.59 Å². The van der Waals surface area contributed by atoms with Crippen molar-refractivity contribution in [1.29, 1.82) is 0 Å². The van der Waals surface area contributed by atoms with E-state index in [1.807, 2.05) is 12.1 Å². The molecule has 4 rings (SSSR count). The number of rotatable bonds is 1. The van der Waals surface area contributed by atoms with Crippen molar-refractivity contribution >= 4 is 11.8 Å². The van der Waals surface area contributed by atoms with Gasteiger partial charge in [0, 0.05) is 6.04 Å². The van der Waals surface area contributed by atoms with E-state index in [0.717, 1.165) is 25.9 Å². The third kappa shape index (κ3) is 1.49. The van der Waals surface area contributed by atoms with Gasteiger partial charge in [-0.15, -0.1) is 0 Å². The van der Waals surface area contributed by atoms with E-state index in [0.29, 0.717) is 23.0 Å². The molecule has 0 radical (unpaired) electrons. The van der Waals surface area contributed by atoms with Crippen LogP contribution in [0.15, 0.2) is 24.3 Å². The standard InChI is InChI=1S/C15H16N2O2/c18-14-12-3-1-2-4-13(12)15(19)17(14)11-5-9-7-16-8-10(9)6-11/h1-4,9-11,16H,5-8H2/t9-,10+,11?. The number of carbonyl (C=O) groups is 2. The van der Waals surface area contributed by atoms with Crippen molar-refractivity contribution in [3.05, 3.63) is 35.4 Å². The summed E-state index contributed by atoms with van der Waals surface area (Å²) in [6, 6.07) is 7.26. The first-order valence-electron chi connectivity index (χ1n) is 6.93. The fourth-order valence-electron chi connectivity index (χ4n) is 3.88. The summed E-state index contributed by atoms with van der Waals surface area (Å²) in [7, 11) is 0. The van der Waals surface area contributed by atoms with Crippen LogP contribution in [0.3, 0.4) is 0 Å². The minimum Gasteiger partial charge on any atom is -0.316 e. The van der Waals surface area contributed by atoms with Crippen molar-refractivity contribution < 1.29 is 9.59 Å². The average molecular weight is 256 g/mol. The Bertz CT molecular complexity index is 522. The average Bonchev–Trinajstić information content (AvgIpc) is 3.04. The summed E-state index contributed by atoms with van der Waals surface area (Å²) in [5, 5.41) is 3.39. The van der Waals surface area contributed by atoms with Crippen molar-refractivity contribution in [3.63, 3.8) is 0 Å². The lowest BCUT2D eigenvalue weighted by molar-refractivity contribution is 0.0582. The molecule has 3 aliphatic rings. The zero-order chi connectivity index (χ0) is 13.0. The molecule has 2 amide bonds. The first-order valence-corrected chi connectivity index (χ1v) is 6.93. The number of nitrogens with one attached hydrogen (secondary N) is 1. The topological polar surface area (TPSA) is 49.4 Å². The number of imide groups is 1. The Morgan fingerprint density at radius 3 is 2.00 bits per heavy atom. The van der Waals surface area contributed by atoms with Gasteiger partial charge in [-0.2, -0.15) is 0 Å². The lowest BCUT2D eigenvalue weighted by Crippen LogP contribution is -2.39. The summed E-state index contributed by atoms with van der Waals surface area (Å²) in [5.74, 6) is 1.07. The first-order chi connectivity index (χ1) is 9.25. The molecule has 4 nitrogen and oxygen atoms in total.